The van der Waals surface area contributed by atoms with E-state index in [1.807, 2.05) is 19.2 Å². The van der Waals surface area contributed by atoms with Crippen LogP contribution in [0.4, 0.5) is 5.82 Å². The van der Waals surface area contributed by atoms with Crippen molar-refractivity contribution in [1.82, 2.24) is 10.3 Å². The van der Waals surface area contributed by atoms with Gasteiger partial charge in [-0.25, -0.2) is 4.98 Å². The largest absolute Gasteiger partial charge is 0.356 e. The summed E-state index contributed by atoms with van der Waals surface area (Å²) in [4.78, 5) is 6.77. The van der Waals surface area contributed by atoms with E-state index in [1.165, 1.54) is 6.42 Å². The predicted molar refractivity (Wildman–Crippen MR) is 58.8 cm³/mol. The predicted octanol–water partition coefficient (Wildman–Crippen LogP) is 1.66. The minimum Gasteiger partial charge on any atom is -0.356 e. The summed E-state index contributed by atoms with van der Waals surface area (Å²) < 4.78 is 0. The summed E-state index contributed by atoms with van der Waals surface area (Å²) in [6, 6.07) is 3.91. The normalized spacial score (nSPS) is 15.4. The van der Waals surface area contributed by atoms with Gasteiger partial charge in [0.15, 0.2) is 0 Å². The topological polar surface area (TPSA) is 28.2 Å². The molecule has 76 valence electrons. The Hall–Kier alpha value is -0.800. The highest BCUT2D eigenvalue weighted by molar-refractivity contribution is 6.31. The second kappa shape index (κ2) is 4.15. The summed E-state index contributed by atoms with van der Waals surface area (Å²) >= 11 is 6.02. The van der Waals surface area contributed by atoms with Gasteiger partial charge in [-0.15, -0.1) is 0 Å². The maximum atomic E-state index is 6.02. The van der Waals surface area contributed by atoms with Gasteiger partial charge in [-0.05, 0) is 25.6 Å². The van der Waals surface area contributed by atoms with E-state index in [1.54, 1.807) is 0 Å². The Morgan fingerprint density at radius 1 is 1.50 bits per heavy atom. The SMILES string of the molecule is CNCc1nc(N2CCC2)ccc1Cl. The molecule has 1 aliphatic heterocycles. The van der Waals surface area contributed by atoms with Crippen molar-refractivity contribution in [2.24, 2.45) is 0 Å². The highest BCUT2D eigenvalue weighted by Gasteiger charge is 2.16. The van der Waals surface area contributed by atoms with E-state index < -0.39 is 0 Å². The Morgan fingerprint density at radius 2 is 2.29 bits per heavy atom. The molecule has 0 saturated carbocycles. The summed E-state index contributed by atoms with van der Waals surface area (Å²) in [6.07, 6.45) is 1.27. The first-order valence-corrected chi connectivity index (χ1v) is 5.24. The monoisotopic (exact) mass is 211 g/mol. The molecule has 1 saturated heterocycles. The van der Waals surface area contributed by atoms with Gasteiger partial charge < -0.3 is 10.2 Å². The van der Waals surface area contributed by atoms with Gasteiger partial charge in [-0.2, -0.15) is 0 Å². The molecule has 1 aliphatic rings. The first kappa shape index (κ1) is 9.74. The van der Waals surface area contributed by atoms with E-state index in [0.717, 1.165) is 36.2 Å². The molecule has 4 heteroatoms. The zero-order valence-corrected chi connectivity index (χ0v) is 9.01. The molecule has 1 N–H and O–H groups in total. The molecule has 0 bridgehead atoms. The number of hydrogen-bond acceptors (Lipinski definition) is 3. The van der Waals surface area contributed by atoms with Crippen LogP contribution in [0.1, 0.15) is 12.1 Å². The summed E-state index contributed by atoms with van der Waals surface area (Å²) in [6.45, 7) is 2.96. The Morgan fingerprint density at radius 3 is 2.86 bits per heavy atom. The van der Waals surface area contributed by atoms with Crippen molar-refractivity contribution in [2.45, 2.75) is 13.0 Å². The number of halogens is 1. The van der Waals surface area contributed by atoms with E-state index in [4.69, 9.17) is 11.6 Å². The zero-order valence-electron chi connectivity index (χ0n) is 8.26. The molecular weight excluding hydrogens is 198 g/mol. The number of nitrogens with one attached hydrogen (secondary N) is 1. The maximum absolute atomic E-state index is 6.02. The molecule has 1 fully saturated rings. The third kappa shape index (κ3) is 1.83. The number of anilines is 1. The number of nitrogens with zero attached hydrogens (tertiary/aromatic N) is 2. The summed E-state index contributed by atoms with van der Waals surface area (Å²) in [5.74, 6) is 1.05. The lowest BCUT2D eigenvalue weighted by molar-refractivity contribution is 0.607. The quantitative estimate of drug-likeness (QED) is 0.825. The van der Waals surface area contributed by atoms with Crippen molar-refractivity contribution in [3.8, 4) is 0 Å². The Kier molecular flexibility index (Phi) is 2.89. The lowest BCUT2D eigenvalue weighted by Crippen LogP contribution is -2.37. The smallest absolute Gasteiger partial charge is 0.128 e. The minimum atomic E-state index is 0.723. The lowest BCUT2D eigenvalue weighted by atomic mass is 10.2. The van der Waals surface area contributed by atoms with Crippen molar-refractivity contribution in [3.05, 3.63) is 22.8 Å². The second-order valence-electron chi connectivity index (χ2n) is 3.47. The summed E-state index contributed by atoms with van der Waals surface area (Å²) in [5.41, 5.74) is 0.929. The van der Waals surface area contributed by atoms with Crippen LogP contribution < -0.4 is 10.2 Å². The Bertz CT molecular complexity index is 323. The van der Waals surface area contributed by atoms with Gasteiger partial charge in [0, 0.05) is 19.6 Å². The Labute approximate surface area is 89.1 Å². The van der Waals surface area contributed by atoms with Crippen LogP contribution in [-0.2, 0) is 6.54 Å². The van der Waals surface area contributed by atoms with Crippen LogP contribution in [0, 0.1) is 0 Å². The molecule has 0 unspecified atom stereocenters. The van der Waals surface area contributed by atoms with E-state index >= 15 is 0 Å². The van der Waals surface area contributed by atoms with Gasteiger partial charge in [0.1, 0.15) is 5.82 Å². The van der Waals surface area contributed by atoms with Crippen molar-refractivity contribution < 1.29 is 0 Å². The third-order valence-corrected chi connectivity index (χ3v) is 2.77. The molecular formula is C10H14ClN3. The molecule has 0 spiro atoms. The zero-order chi connectivity index (χ0) is 9.97. The highest BCUT2D eigenvalue weighted by Crippen LogP contribution is 2.22. The van der Waals surface area contributed by atoms with Crippen molar-refractivity contribution >= 4 is 17.4 Å². The van der Waals surface area contributed by atoms with Gasteiger partial charge in [0.05, 0.1) is 10.7 Å². The second-order valence-corrected chi connectivity index (χ2v) is 3.88. The van der Waals surface area contributed by atoms with E-state index in [-0.39, 0.29) is 0 Å². The lowest BCUT2D eigenvalue weighted by Gasteiger charge is -2.32. The molecule has 14 heavy (non-hydrogen) atoms. The van der Waals surface area contributed by atoms with Gasteiger partial charge in [-0.3, -0.25) is 0 Å². The average Bonchev–Trinajstić information content (AvgIpc) is 2.08. The van der Waals surface area contributed by atoms with Crippen LogP contribution in [0.5, 0.6) is 0 Å². The van der Waals surface area contributed by atoms with Gasteiger partial charge in [-0.1, -0.05) is 11.6 Å². The maximum Gasteiger partial charge on any atom is 0.128 e. The summed E-state index contributed by atoms with van der Waals surface area (Å²) in [5, 5.41) is 3.80. The highest BCUT2D eigenvalue weighted by atomic mass is 35.5. The molecule has 2 rings (SSSR count). The first-order valence-electron chi connectivity index (χ1n) is 4.86. The molecule has 0 radical (unpaired) electrons. The fraction of sp³-hybridized carbons (Fsp3) is 0.500. The van der Waals surface area contributed by atoms with Crippen LogP contribution in [-0.4, -0.2) is 25.1 Å². The molecule has 0 aromatic carbocycles. The molecule has 0 atom stereocenters. The molecule has 1 aromatic heterocycles. The van der Waals surface area contributed by atoms with Gasteiger partial charge in [0.2, 0.25) is 0 Å². The number of aromatic nitrogens is 1. The number of hydrogen-bond donors (Lipinski definition) is 1. The van der Waals surface area contributed by atoms with Crippen LogP contribution >= 0.6 is 11.6 Å². The Balaban J connectivity index is 2.21. The minimum absolute atomic E-state index is 0.723. The van der Waals surface area contributed by atoms with Crippen LogP contribution in [0.3, 0.4) is 0 Å². The molecule has 0 amide bonds. The standard InChI is InChI=1S/C10H14ClN3/c1-12-7-9-8(11)3-4-10(13-9)14-5-2-6-14/h3-4,12H,2,5-7H2,1H3. The van der Waals surface area contributed by atoms with Crippen LogP contribution in [0.2, 0.25) is 5.02 Å². The number of pyridine rings is 1. The van der Waals surface area contributed by atoms with E-state index in [0.29, 0.717) is 0 Å². The van der Waals surface area contributed by atoms with E-state index in [9.17, 15) is 0 Å². The number of rotatable bonds is 3. The fourth-order valence-corrected chi connectivity index (χ4v) is 1.66. The van der Waals surface area contributed by atoms with E-state index in [2.05, 4.69) is 15.2 Å². The summed E-state index contributed by atoms with van der Waals surface area (Å²) in [7, 11) is 1.90. The first-order chi connectivity index (χ1) is 6.81. The third-order valence-electron chi connectivity index (χ3n) is 2.43. The molecule has 1 aromatic rings. The average molecular weight is 212 g/mol. The van der Waals surface area contributed by atoms with Crippen molar-refractivity contribution in [1.29, 1.82) is 0 Å². The molecule has 2 heterocycles. The van der Waals surface area contributed by atoms with Crippen LogP contribution in [0.25, 0.3) is 0 Å². The van der Waals surface area contributed by atoms with Gasteiger partial charge >= 0.3 is 0 Å². The van der Waals surface area contributed by atoms with Crippen molar-refractivity contribution in [2.75, 3.05) is 25.0 Å². The van der Waals surface area contributed by atoms with Gasteiger partial charge in [0.25, 0.3) is 0 Å². The van der Waals surface area contributed by atoms with Crippen molar-refractivity contribution in [3.63, 3.8) is 0 Å². The molecule has 0 aliphatic carbocycles. The van der Waals surface area contributed by atoms with Crippen LogP contribution in [0.15, 0.2) is 12.1 Å². The fourth-order valence-electron chi connectivity index (χ4n) is 1.49. The molecule has 3 nitrogen and oxygen atoms in total.